The van der Waals surface area contributed by atoms with Crippen molar-refractivity contribution >= 4 is 11.9 Å². The number of aliphatic carboxylic acids is 1. The third-order valence-electron chi connectivity index (χ3n) is 3.27. The van der Waals surface area contributed by atoms with Gasteiger partial charge in [0.1, 0.15) is 0 Å². The first-order valence-electron chi connectivity index (χ1n) is 6.79. The number of anilines is 1. The topological polar surface area (TPSA) is 78.8 Å². The second-order valence-electron chi connectivity index (χ2n) is 4.62. The molecule has 2 rings (SSSR count). The van der Waals surface area contributed by atoms with E-state index in [0.29, 0.717) is 13.2 Å². The summed E-state index contributed by atoms with van der Waals surface area (Å²) in [7, 11) is 0. The van der Waals surface area contributed by atoms with Crippen molar-refractivity contribution < 1.29 is 14.6 Å². The summed E-state index contributed by atoms with van der Waals surface area (Å²) in [6.07, 6.45) is 2.70. The first-order valence-corrected chi connectivity index (χ1v) is 6.79. The van der Waals surface area contributed by atoms with Crippen LogP contribution in [0.1, 0.15) is 6.92 Å². The molecule has 1 aliphatic heterocycles. The molecule has 1 atom stereocenters. The predicted molar refractivity (Wildman–Crippen MR) is 73.7 cm³/mol. The van der Waals surface area contributed by atoms with Gasteiger partial charge in [0.15, 0.2) is 6.10 Å². The number of aromatic nitrogens is 2. The van der Waals surface area contributed by atoms with Gasteiger partial charge in [0, 0.05) is 51.7 Å². The quantitative estimate of drug-likeness (QED) is 0.791. The summed E-state index contributed by atoms with van der Waals surface area (Å²) >= 11 is 0. The Morgan fingerprint density at radius 2 is 2.00 bits per heavy atom. The average molecular weight is 280 g/mol. The number of carboxylic acid groups (broad SMARTS) is 1. The molecule has 0 bridgehead atoms. The molecule has 0 saturated carbocycles. The summed E-state index contributed by atoms with van der Waals surface area (Å²) in [6, 6.07) is 1.79. The lowest BCUT2D eigenvalue weighted by molar-refractivity contribution is -0.151. The zero-order valence-corrected chi connectivity index (χ0v) is 11.6. The molecular formula is C13H20N4O3. The molecule has 0 aliphatic carbocycles. The molecule has 0 radical (unpaired) electrons. The largest absolute Gasteiger partial charge is 0.479 e. The van der Waals surface area contributed by atoms with Crippen molar-refractivity contribution in [2.45, 2.75) is 13.0 Å². The molecule has 1 N–H and O–H groups in total. The molecular weight excluding hydrogens is 260 g/mol. The third-order valence-corrected chi connectivity index (χ3v) is 3.27. The lowest BCUT2D eigenvalue weighted by atomic mass is 10.2. The van der Waals surface area contributed by atoms with E-state index < -0.39 is 12.1 Å². The molecule has 7 nitrogen and oxygen atoms in total. The fourth-order valence-electron chi connectivity index (χ4n) is 2.22. The molecule has 1 aromatic rings. The monoisotopic (exact) mass is 280 g/mol. The van der Waals surface area contributed by atoms with Gasteiger partial charge in [0.05, 0.1) is 0 Å². The van der Waals surface area contributed by atoms with E-state index in [9.17, 15) is 4.79 Å². The highest BCUT2D eigenvalue weighted by atomic mass is 16.5. The Kier molecular flexibility index (Phi) is 5.25. The standard InChI is InChI=1S/C13H20N4O3/c1-2-20-11(12(18)19)10-16-6-8-17(9-7-16)13-14-4-3-5-15-13/h3-5,11H,2,6-10H2,1H3,(H,18,19). The SMILES string of the molecule is CCOC(CN1CCN(c2ncccn2)CC1)C(=O)O. The molecule has 1 aromatic heterocycles. The average Bonchev–Trinajstić information content (AvgIpc) is 2.48. The van der Waals surface area contributed by atoms with E-state index in [1.165, 1.54) is 0 Å². The lowest BCUT2D eigenvalue weighted by Gasteiger charge is -2.35. The Morgan fingerprint density at radius 1 is 1.35 bits per heavy atom. The molecule has 1 fully saturated rings. The van der Waals surface area contributed by atoms with Gasteiger partial charge in [-0.1, -0.05) is 0 Å². The van der Waals surface area contributed by atoms with Gasteiger partial charge in [-0.2, -0.15) is 0 Å². The fourth-order valence-corrected chi connectivity index (χ4v) is 2.22. The molecule has 1 saturated heterocycles. The number of piperazine rings is 1. The number of hydrogen-bond donors (Lipinski definition) is 1. The Labute approximate surface area is 118 Å². The molecule has 2 heterocycles. The molecule has 0 amide bonds. The van der Waals surface area contributed by atoms with Crippen LogP contribution in [0.2, 0.25) is 0 Å². The van der Waals surface area contributed by atoms with E-state index in [4.69, 9.17) is 9.84 Å². The van der Waals surface area contributed by atoms with Crippen LogP contribution in [0.3, 0.4) is 0 Å². The van der Waals surface area contributed by atoms with E-state index in [1.807, 2.05) is 0 Å². The van der Waals surface area contributed by atoms with Crippen LogP contribution in [0.4, 0.5) is 5.95 Å². The molecule has 1 aliphatic rings. The van der Waals surface area contributed by atoms with Crippen molar-refractivity contribution in [1.82, 2.24) is 14.9 Å². The van der Waals surface area contributed by atoms with Crippen LogP contribution in [-0.2, 0) is 9.53 Å². The van der Waals surface area contributed by atoms with Crippen molar-refractivity contribution in [2.24, 2.45) is 0 Å². The van der Waals surface area contributed by atoms with Crippen LogP contribution in [0, 0.1) is 0 Å². The second kappa shape index (κ2) is 7.16. The summed E-state index contributed by atoms with van der Waals surface area (Å²) in [5.41, 5.74) is 0. The van der Waals surface area contributed by atoms with E-state index in [0.717, 1.165) is 32.1 Å². The highest BCUT2D eigenvalue weighted by molar-refractivity contribution is 5.72. The number of rotatable bonds is 6. The van der Waals surface area contributed by atoms with Crippen LogP contribution in [0.5, 0.6) is 0 Å². The Morgan fingerprint density at radius 3 is 2.55 bits per heavy atom. The van der Waals surface area contributed by atoms with Gasteiger partial charge in [-0.3, -0.25) is 4.90 Å². The van der Waals surface area contributed by atoms with Gasteiger partial charge < -0.3 is 14.7 Å². The van der Waals surface area contributed by atoms with Gasteiger partial charge in [0.2, 0.25) is 5.95 Å². The smallest absolute Gasteiger partial charge is 0.334 e. The van der Waals surface area contributed by atoms with Crippen molar-refractivity contribution in [3.05, 3.63) is 18.5 Å². The highest BCUT2D eigenvalue weighted by Gasteiger charge is 2.25. The van der Waals surface area contributed by atoms with Crippen molar-refractivity contribution in [2.75, 3.05) is 44.2 Å². The van der Waals surface area contributed by atoms with E-state index in [2.05, 4.69) is 19.8 Å². The van der Waals surface area contributed by atoms with Crippen LogP contribution in [0.15, 0.2) is 18.5 Å². The normalized spacial score (nSPS) is 17.9. The summed E-state index contributed by atoms with van der Waals surface area (Å²) < 4.78 is 5.24. The van der Waals surface area contributed by atoms with Crippen molar-refractivity contribution in [3.8, 4) is 0 Å². The summed E-state index contributed by atoms with van der Waals surface area (Å²) in [4.78, 5) is 23.7. The zero-order chi connectivity index (χ0) is 14.4. The van der Waals surface area contributed by atoms with Gasteiger partial charge in [0.25, 0.3) is 0 Å². The number of nitrogens with zero attached hydrogens (tertiary/aromatic N) is 4. The molecule has 0 aromatic carbocycles. The van der Waals surface area contributed by atoms with Crippen LogP contribution in [0.25, 0.3) is 0 Å². The summed E-state index contributed by atoms with van der Waals surface area (Å²) in [5, 5.41) is 9.08. The van der Waals surface area contributed by atoms with Gasteiger partial charge in [-0.25, -0.2) is 14.8 Å². The molecule has 1 unspecified atom stereocenters. The number of hydrogen-bond acceptors (Lipinski definition) is 6. The Balaban J connectivity index is 1.83. The van der Waals surface area contributed by atoms with Gasteiger partial charge in [-0.15, -0.1) is 0 Å². The van der Waals surface area contributed by atoms with Crippen molar-refractivity contribution in [3.63, 3.8) is 0 Å². The van der Waals surface area contributed by atoms with Gasteiger partial charge >= 0.3 is 5.97 Å². The minimum Gasteiger partial charge on any atom is -0.479 e. The minimum absolute atomic E-state index is 0.411. The van der Waals surface area contributed by atoms with Crippen molar-refractivity contribution in [1.29, 1.82) is 0 Å². The Hall–Kier alpha value is -1.73. The number of carbonyl (C=O) groups is 1. The van der Waals surface area contributed by atoms with E-state index >= 15 is 0 Å². The first kappa shape index (κ1) is 14.7. The van der Waals surface area contributed by atoms with Crippen LogP contribution in [-0.4, -0.2) is 71.4 Å². The van der Waals surface area contributed by atoms with E-state index in [1.54, 1.807) is 25.4 Å². The third kappa shape index (κ3) is 3.88. The van der Waals surface area contributed by atoms with Crippen LogP contribution < -0.4 is 4.90 Å². The van der Waals surface area contributed by atoms with Gasteiger partial charge in [-0.05, 0) is 13.0 Å². The van der Waals surface area contributed by atoms with Crippen LogP contribution >= 0.6 is 0 Å². The zero-order valence-electron chi connectivity index (χ0n) is 11.6. The fraction of sp³-hybridized carbons (Fsp3) is 0.615. The molecule has 110 valence electrons. The molecule has 0 spiro atoms. The highest BCUT2D eigenvalue weighted by Crippen LogP contribution is 2.10. The first-order chi connectivity index (χ1) is 9.70. The predicted octanol–water partition coefficient (Wildman–Crippen LogP) is 0.0883. The molecule has 20 heavy (non-hydrogen) atoms. The summed E-state index contributed by atoms with van der Waals surface area (Å²) in [6.45, 7) is 5.80. The summed E-state index contributed by atoms with van der Waals surface area (Å²) in [5.74, 6) is -0.174. The maximum absolute atomic E-state index is 11.1. The number of carboxylic acids is 1. The maximum Gasteiger partial charge on any atom is 0.334 e. The maximum atomic E-state index is 11.1. The number of ether oxygens (including phenoxy) is 1. The minimum atomic E-state index is -0.902. The Bertz CT molecular complexity index is 421. The molecule has 7 heteroatoms. The lowest BCUT2D eigenvalue weighted by Crippen LogP contribution is -2.50. The second-order valence-corrected chi connectivity index (χ2v) is 4.62. The van der Waals surface area contributed by atoms with E-state index in [-0.39, 0.29) is 0 Å².